The minimum atomic E-state index is -0.595. The van der Waals surface area contributed by atoms with Crippen molar-refractivity contribution in [3.05, 3.63) is 54.1 Å². The van der Waals surface area contributed by atoms with Crippen LogP contribution in [0.25, 0.3) is 0 Å². The fraction of sp³-hybridized carbons (Fsp3) is 0.263. The molecule has 0 aliphatic heterocycles. The van der Waals surface area contributed by atoms with E-state index in [2.05, 4.69) is 10.6 Å². The van der Waals surface area contributed by atoms with Gasteiger partial charge in [-0.2, -0.15) is 0 Å². The highest BCUT2D eigenvalue weighted by atomic mass is 35.5. The van der Waals surface area contributed by atoms with Crippen LogP contribution in [0.2, 0.25) is 0 Å². The Bertz CT molecular complexity index is 735. The molecule has 6 nitrogen and oxygen atoms in total. The number of nitrogens with one attached hydrogen (secondary N) is 2. The molecule has 1 atom stereocenters. The van der Waals surface area contributed by atoms with Gasteiger partial charge in [0.25, 0.3) is 5.91 Å². The van der Waals surface area contributed by atoms with Gasteiger partial charge in [-0.25, -0.2) is 0 Å². The number of hydrogen-bond donors (Lipinski definition) is 3. The first-order valence-electron chi connectivity index (χ1n) is 8.16. The Morgan fingerprint density at radius 1 is 1.08 bits per heavy atom. The monoisotopic (exact) mass is 377 g/mol. The molecule has 7 heteroatoms. The average molecular weight is 378 g/mol. The van der Waals surface area contributed by atoms with Gasteiger partial charge in [0.05, 0.1) is 24.4 Å². The van der Waals surface area contributed by atoms with Gasteiger partial charge in [-0.3, -0.25) is 9.59 Å². The molecule has 0 aromatic heterocycles. The largest absolute Gasteiger partial charge is 0.497 e. The van der Waals surface area contributed by atoms with Crippen molar-refractivity contribution < 1.29 is 14.3 Å². The van der Waals surface area contributed by atoms with Crippen LogP contribution in [0, 0.1) is 0 Å². The van der Waals surface area contributed by atoms with Gasteiger partial charge in [0.15, 0.2) is 0 Å². The summed E-state index contributed by atoms with van der Waals surface area (Å²) in [7, 11) is 1.58. The summed E-state index contributed by atoms with van der Waals surface area (Å²) < 4.78 is 5.09. The fourth-order valence-electron chi connectivity index (χ4n) is 2.33. The summed E-state index contributed by atoms with van der Waals surface area (Å²) in [5, 5.41) is 5.54. The van der Waals surface area contributed by atoms with Crippen molar-refractivity contribution in [2.75, 3.05) is 17.7 Å². The van der Waals surface area contributed by atoms with Gasteiger partial charge in [-0.15, -0.1) is 12.4 Å². The lowest BCUT2D eigenvalue weighted by Crippen LogP contribution is -2.35. The zero-order valence-corrected chi connectivity index (χ0v) is 15.6. The molecular formula is C19H24ClN3O3. The zero-order valence-electron chi connectivity index (χ0n) is 14.8. The van der Waals surface area contributed by atoms with Crippen LogP contribution in [0.1, 0.15) is 30.1 Å². The molecule has 2 aromatic carbocycles. The third-order valence-corrected chi connectivity index (χ3v) is 3.71. The molecule has 2 rings (SSSR count). The Morgan fingerprint density at radius 3 is 2.35 bits per heavy atom. The lowest BCUT2D eigenvalue weighted by molar-refractivity contribution is -0.117. The van der Waals surface area contributed by atoms with E-state index >= 15 is 0 Å². The number of ether oxygens (including phenoxy) is 1. The maximum Gasteiger partial charge on any atom is 0.257 e. The van der Waals surface area contributed by atoms with Gasteiger partial charge in [0.1, 0.15) is 5.75 Å². The molecule has 0 saturated heterocycles. The van der Waals surface area contributed by atoms with E-state index < -0.39 is 6.04 Å². The van der Waals surface area contributed by atoms with Crippen molar-refractivity contribution in [1.29, 1.82) is 0 Å². The van der Waals surface area contributed by atoms with Crippen LogP contribution in [0.3, 0.4) is 0 Å². The SMILES string of the molecule is CCCC(N)C(=O)Nc1ccccc1C(=O)Nc1ccc(OC)cc1.Cl. The Labute approximate surface area is 159 Å². The number of nitrogens with two attached hydrogens (primary N) is 1. The first-order chi connectivity index (χ1) is 12.0. The summed E-state index contributed by atoms with van der Waals surface area (Å²) in [6, 6.07) is 13.2. The summed E-state index contributed by atoms with van der Waals surface area (Å²) >= 11 is 0. The van der Waals surface area contributed by atoms with Crippen molar-refractivity contribution in [2.45, 2.75) is 25.8 Å². The van der Waals surface area contributed by atoms with Crippen molar-refractivity contribution in [1.82, 2.24) is 0 Å². The molecule has 2 amide bonds. The van der Waals surface area contributed by atoms with E-state index in [0.29, 0.717) is 29.1 Å². The highest BCUT2D eigenvalue weighted by molar-refractivity contribution is 6.10. The number of hydrogen-bond acceptors (Lipinski definition) is 4. The van der Waals surface area contributed by atoms with Crippen molar-refractivity contribution >= 4 is 35.6 Å². The predicted molar refractivity (Wildman–Crippen MR) is 106 cm³/mol. The van der Waals surface area contributed by atoms with E-state index in [0.717, 1.165) is 6.42 Å². The van der Waals surface area contributed by atoms with E-state index in [1.165, 1.54) is 0 Å². The second-order valence-electron chi connectivity index (χ2n) is 5.61. The second kappa shape index (κ2) is 10.4. The van der Waals surface area contributed by atoms with E-state index in [1.807, 2.05) is 6.92 Å². The highest BCUT2D eigenvalue weighted by Gasteiger charge is 2.17. The third-order valence-electron chi connectivity index (χ3n) is 3.71. The molecule has 140 valence electrons. The molecule has 1 unspecified atom stereocenters. The molecule has 0 aliphatic carbocycles. The first-order valence-corrected chi connectivity index (χ1v) is 8.16. The van der Waals surface area contributed by atoms with Gasteiger partial charge in [-0.1, -0.05) is 25.5 Å². The Kier molecular flexibility index (Phi) is 8.61. The van der Waals surface area contributed by atoms with E-state index in [1.54, 1.807) is 55.6 Å². The molecule has 0 saturated carbocycles. The van der Waals surface area contributed by atoms with Gasteiger partial charge in [0, 0.05) is 5.69 Å². The molecule has 2 aromatic rings. The number of carbonyl (C=O) groups excluding carboxylic acids is 2. The first kappa shape index (κ1) is 21.5. The number of methoxy groups -OCH3 is 1. The minimum absolute atomic E-state index is 0. The van der Waals surface area contributed by atoms with Crippen molar-refractivity contribution in [2.24, 2.45) is 5.73 Å². The molecular weight excluding hydrogens is 354 g/mol. The summed E-state index contributed by atoms with van der Waals surface area (Å²) in [5.41, 5.74) is 7.27. The number of amides is 2. The zero-order chi connectivity index (χ0) is 18.2. The Balaban J connectivity index is 0.00000338. The smallest absolute Gasteiger partial charge is 0.257 e. The van der Waals surface area contributed by atoms with Gasteiger partial charge < -0.3 is 21.1 Å². The molecule has 0 spiro atoms. The fourth-order valence-corrected chi connectivity index (χ4v) is 2.33. The quantitative estimate of drug-likeness (QED) is 0.689. The van der Waals surface area contributed by atoms with Crippen LogP contribution in [0.4, 0.5) is 11.4 Å². The highest BCUT2D eigenvalue weighted by Crippen LogP contribution is 2.19. The minimum Gasteiger partial charge on any atom is -0.497 e. The van der Waals surface area contributed by atoms with Crippen molar-refractivity contribution in [3.8, 4) is 5.75 Å². The lowest BCUT2D eigenvalue weighted by Gasteiger charge is -2.14. The number of anilines is 2. The summed E-state index contributed by atoms with van der Waals surface area (Å²) in [5.74, 6) is 0.0900. The molecule has 4 N–H and O–H groups in total. The maximum atomic E-state index is 12.5. The predicted octanol–water partition coefficient (Wildman–Crippen LogP) is 3.44. The lowest BCUT2D eigenvalue weighted by atomic mass is 10.1. The van der Waals surface area contributed by atoms with Crippen LogP contribution >= 0.6 is 12.4 Å². The van der Waals surface area contributed by atoms with Gasteiger partial charge in [0.2, 0.25) is 5.91 Å². The maximum absolute atomic E-state index is 12.5. The van der Waals surface area contributed by atoms with Crippen LogP contribution in [0.5, 0.6) is 5.75 Å². The standard InChI is InChI=1S/C19H23N3O3.ClH/c1-3-6-16(20)19(24)22-17-8-5-4-7-15(17)18(23)21-13-9-11-14(25-2)12-10-13;/h4-5,7-12,16H,3,6,20H2,1-2H3,(H,21,23)(H,22,24);1H. The van der Waals surface area contributed by atoms with Crippen LogP contribution < -0.4 is 21.1 Å². The Hall–Kier alpha value is -2.57. The normalized spacial score (nSPS) is 11.0. The summed E-state index contributed by atoms with van der Waals surface area (Å²) in [6.45, 7) is 1.96. The second-order valence-corrected chi connectivity index (χ2v) is 5.61. The molecule has 0 heterocycles. The number of rotatable bonds is 7. The molecule has 0 radical (unpaired) electrons. The van der Waals surface area contributed by atoms with Gasteiger partial charge in [-0.05, 0) is 42.8 Å². The van der Waals surface area contributed by atoms with E-state index in [-0.39, 0.29) is 24.2 Å². The molecule has 0 aliphatic rings. The third kappa shape index (κ3) is 5.75. The summed E-state index contributed by atoms with van der Waals surface area (Å²) in [4.78, 5) is 24.7. The van der Waals surface area contributed by atoms with Crippen LogP contribution in [-0.4, -0.2) is 25.0 Å². The number of halogens is 1. The van der Waals surface area contributed by atoms with E-state index in [4.69, 9.17) is 10.5 Å². The number of carbonyl (C=O) groups is 2. The van der Waals surface area contributed by atoms with Crippen LogP contribution in [-0.2, 0) is 4.79 Å². The summed E-state index contributed by atoms with van der Waals surface area (Å²) in [6.07, 6.45) is 1.40. The topological polar surface area (TPSA) is 93.5 Å². The van der Waals surface area contributed by atoms with Gasteiger partial charge >= 0.3 is 0 Å². The van der Waals surface area contributed by atoms with E-state index in [9.17, 15) is 9.59 Å². The van der Waals surface area contributed by atoms with Crippen molar-refractivity contribution in [3.63, 3.8) is 0 Å². The Morgan fingerprint density at radius 2 is 1.73 bits per heavy atom. The average Bonchev–Trinajstić information content (AvgIpc) is 2.63. The number of para-hydroxylation sites is 1. The van der Waals surface area contributed by atoms with Crippen LogP contribution in [0.15, 0.2) is 48.5 Å². The molecule has 0 fully saturated rings. The molecule has 26 heavy (non-hydrogen) atoms. The number of benzene rings is 2. The molecule has 0 bridgehead atoms.